The Morgan fingerprint density at radius 2 is 1.87 bits per heavy atom. The number of hydrogen-bond donors (Lipinski definition) is 1. The molecule has 1 aromatic carbocycles. The summed E-state index contributed by atoms with van der Waals surface area (Å²) in [6.45, 7) is 0. The van der Waals surface area contributed by atoms with Crippen molar-refractivity contribution in [3.63, 3.8) is 0 Å². The van der Waals surface area contributed by atoms with Crippen LogP contribution < -0.4 is 5.56 Å². The summed E-state index contributed by atoms with van der Waals surface area (Å²) in [5.41, 5.74) is 1.95. The quantitative estimate of drug-likeness (QED) is 0.589. The molecule has 1 N–H and O–H groups in total. The summed E-state index contributed by atoms with van der Waals surface area (Å²) in [6, 6.07) is 11.6. The van der Waals surface area contributed by atoms with Gasteiger partial charge in [0, 0.05) is 29.4 Å². The normalized spacial score (nSPS) is 11.3. The van der Waals surface area contributed by atoms with Gasteiger partial charge in [0.2, 0.25) is 5.56 Å². The lowest BCUT2D eigenvalue weighted by Crippen LogP contribution is -2.04. The number of H-pyrrole nitrogens is 1. The molecule has 0 bridgehead atoms. The Balaban J connectivity index is 2.69. The largest absolute Gasteiger partial charge is 0.330 e. The Bertz CT molecular complexity index is 706. The molecule has 2 aromatic heterocycles. The number of benzene rings is 1. The van der Waals surface area contributed by atoms with E-state index in [1.165, 1.54) is 5.39 Å². The van der Waals surface area contributed by atoms with E-state index in [2.05, 4.69) is 11.1 Å². The van der Waals surface area contributed by atoms with Crippen LogP contribution in [0.3, 0.4) is 0 Å². The van der Waals surface area contributed by atoms with Gasteiger partial charge in [-0.3, -0.25) is 4.79 Å². The number of nitrogens with one attached hydrogen (secondary N) is 1. The van der Waals surface area contributed by atoms with Gasteiger partial charge in [0.25, 0.3) is 0 Å². The lowest BCUT2D eigenvalue weighted by atomic mass is 10.2. The lowest BCUT2D eigenvalue weighted by Gasteiger charge is -1.95. The monoisotopic (exact) mass is 198 g/mol. The molecule has 0 saturated carbocycles. The first-order valence-electron chi connectivity index (χ1n) is 4.84. The molecule has 0 aliphatic carbocycles. The first-order valence-corrected chi connectivity index (χ1v) is 4.84. The molecule has 3 aromatic rings. The minimum Gasteiger partial charge on any atom is -0.330 e. The zero-order valence-electron chi connectivity index (χ0n) is 8.32. The number of nitrogens with zero attached hydrogens (tertiary/aromatic N) is 1. The summed E-state index contributed by atoms with van der Waals surface area (Å²) in [5, 5.41) is 2.26. The second-order valence-corrected chi connectivity index (χ2v) is 3.66. The van der Waals surface area contributed by atoms with Crippen LogP contribution in [0.2, 0.25) is 0 Å². The van der Waals surface area contributed by atoms with Crippen LogP contribution in [0.1, 0.15) is 0 Å². The van der Waals surface area contributed by atoms with Crippen LogP contribution in [0.4, 0.5) is 0 Å². The van der Waals surface area contributed by atoms with Crippen molar-refractivity contribution in [3.05, 3.63) is 46.8 Å². The molecule has 3 heteroatoms. The fraction of sp³-hybridized carbons (Fsp3) is 0.0833. The Morgan fingerprint density at radius 3 is 2.73 bits per heavy atom. The number of fused-ring (bicyclic) bond motifs is 3. The van der Waals surface area contributed by atoms with E-state index in [9.17, 15) is 4.79 Å². The smallest absolute Gasteiger partial charge is 0.249 e. The van der Waals surface area contributed by atoms with Crippen LogP contribution in [0, 0.1) is 0 Å². The van der Waals surface area contributed by atoms with Gasteiger partial charge < -0.3 is 9.55 Å². The third kappa shape index (κ3) is 1.03. The number of pyridine rings is 1. The molecule has 0 fully saturated rings. The maximum absolute atomic E-state index is 11.2. The molecular weight excluding hydrogens is 188 g/mol. The maximum Gasteiger partial charge on any atom is 0.249 e. The molecule has 3 rings (SSSR count). The molecule has 0 amide bonds. The lowest BCUT2D eigenvalue weighted by molar-refractivity contribution is 0.984. The molecule has 0 spiro atoms. The number of aromatic nitrogens is 2. The van der Waals surface area contributed by atoms with Gasteiger partial charge in [-0.1, -0.05) is 18.2 Å². The first-order chi connectivity index (χ1) is 7.27. The molecule has 3 nitrogen and oxygen atoms in total. The van der Waals surface area contributed by atoms with Crippen LogP contribution in [-0.2, 0) is 7.05 Å². The predicted molar refractivity (Wildman–Crippen MR) is 61.0 cm³/mol. The van der Waals surface area contributed by atoms with E-state index in [1.807, 2.05) is 35.9 Å². The Morgan fingerprint density at radius 1 is 1.07 bits per heavy atom. The van der Waals surface area contributed by atoms with Gasteiger partial charge in [-0.05, 0) is 12.1 Å². The van der Waals surface area contributed by atoms with Crippen LogP contribution in [0.25, 0.3) is 21.9 Å². The highest BCUT2D eigenvalue weighted by molar-refractivity contribution is 6.06. The topological polar surface area (TPSA) is 37.8 Å². The van der Waals surface area contributed by atoms with Crippen molar-refractivity contribution in [2.45, 2.75) is 0 Å². The highest BCUT2D eigenvalue weighted by atomic mass is 16.1. The second kappa shape index (κ2) is 2.73. The summed E-state index contributed by atoms with van der Waals surface area (Å²) in [6.07, 6.45) is 0. The van der Waals surface area contributed by atoms with Crippen molar-refractivity contribution in [2.75, 3.05) is 0 Å². The predicted octanol–water partition coefficient (Wildman–Crippen LogP) is 2.02. The number of aryl methyl sites for hydroxylation is 1. The highest BCUT2D eigenvalue weighted by Gasteiger charge is 2.06. The van der Waals surface area contributed by atoms with Crippen molar-refractivity contribution >= 4 is 21.9 Å². The molecule has 0 saturated heterocycles. The third-order valence-electron chi connectivity index (χ3n) is 2.79. The SMILES string of the molecule is Cn1c2ccccc2c2ccc(=O)[nH]c21. The van der Waals surface area contributed by atoms with Crippen LogP contribution in [0.15, 0.2) is 41.2 Å². The van der Waals surface area contributed by atoms with Crippen LogP contribution in [0.5, 0.6) is 0 Å². The Hall–Kier alpha value is -2.03. The van der Waals surface area contributed by atoms with Crippen LogP contribution >= 0.6 is 0 Å². The molecule has 2 heterocycles. The summed E-state index contributed by atoms with van der Waals surface area (Å²) in [5.74, 6) is 0. The number of aromatic amines is 1. The van der Waals surface area contributed by atoms with E-state index in [0.717, 1.165) is 16.6 Å². The van der Waals surface area contributed by atoms with Crippen LogP contribution in [-0.4, -0.2) is 9.55 Å². The van der Waals surface area contributed by atoms with Gasteiger partial charge >= 0.3 is 0 Å². The first kappa shape index (κ1) is 8.29. The molecule has 0 aliphatic rings. The van der Waals surface area contributed by atoms with Gasteiger partial charge in [-0.2, -0.15) is 0 Å². The average Bonchev–Trinajstić information content (AvgIpc) is 2.54. The van der Waals surface area contributed by atoms with Crippen molar-refractivity contribution < 1.29 is 0 Å². The third-order valence-corrected chi connectivity index (χ3v) is 2.79. The molecule has 0 unspecified atom stereocenters. The highest BCUT2D eigenvalue weighted by Crippen LogP contribution is 2.24. The standard InChI is InChI=1S/C12H10N2O/c1-14-10-5-3-2-4-8(10)9-6-7-11(15)13-12(9)14/h2-7H,1H3,(H,13,15). The molecule has 0 atom stereocenters. The Kier molecular flexibility index (Phi) is 1.51. The van der Waals surface area contributed by atoms with E-state index in [-0.39, 0.29) is 5.56 Å². The molecule has 0 radical (unpaired) electrons. The molecule has 0 aliphatic heterocycles. The van der Waals surface area contributed by atoms with E-state index >= 15 is 0 Å². The van der Waals surface area contributed by atoms with Crippen molar-refractivity contribution in [1.29, 1.82) is 0 Å². The molecule has 15 heavy (non-hydrogen) atoms. The van der Waals surface area contributed by atoms with Gasteiger partial charge in [-0.25, -0.2) is 0 Å². The van der Waals surface area contributed by atoms with Gasteiger partial charge in [0.1, 0.15) is 5.65 Å². The maximum atomic E-state index is 11.2. The average molecular weight is 198 g/mol. The fourth-order valence-electron chi connectivity index (χ4n) is 2.06. The number of rotatable bonds is 0. The van der Waals surface area contributed by atoms with Crippen molar-refractivity contribution in [3.8, 4) is 0 Å². The van der Waals surface area contributed by atoms with E-state index in [1.54, 1.807) is 6.07 Å². The van der Waals surface area contributed by atoms with E-state index in [0.29, 0.717) is 0 Å². The summed E-state index contributed by atoms with van der Waals surface area (Å²) < 4.78 is 2.01. The number of para-hydroxylation sites is 1. The van der Waals surface area contributed by atoms with Gasteiger partial charge in [0.05, 0.1) is 0 Å². The minimum absolute atomic E-state index is 0.0617. The van der Waals surface area contributed by atoms with Gasteiger partial charge in [0.15, 0.2) is 0 Å². The Labute approximate surface area is 86.0 Å². The van der Waals surface area contributed by atoms with Crippen molar-refractivity contribution in [2.24, 2.45) is 7.05 Å². The fourth-order valence-corrected chi connectivity index (χ4v) is 2.06. The van der Waals surface area contributed by atoms with E-state index < -0.39 is 0 Å². The zero-order chi connectivity index (χ0) is 10.4. The zero-order valence-corrected chi connectivity index (χ0v) is 8.32. The van der Waals surface area contributed by atoms with E-state index in [4.69, 9.17) is 0 Å². The summed E-state index contributed by atoms with van der Waals surface area (Å²) in [7, 11) is 1.96. The molecule has 74 valence electrons. The number of hydrogen-bond acceptors (Lipinski definition) is 1. The summed E-state index contributed by atoms with van der Waals surface area (Å²) in [4.78, 5) is 14.1. The second-order valence-electron chi connectivity index (χ2n) is 3.66. The summed E-state index contributed by atoms with van der Waals surface area (Å²) >= 11 is 0. The minimum atomic E-state index is -0.0617. The van der Waals surface area contributed by atoms with Crippen molar-refractivity contribution in [1.82, 2.24) is 9.55 Å². The van der Waals surface area contributed by atoms with Gasteiger partial charge in [-0.15, -0.1) is 0 Å². The molecular formula is C12H10N2O.